The molecule has 1 aliphatic rings. The zero-order valence-electron chi connectivity index (χ0n) is 12.1. The van der Waals surface area contributed by atoms with Crippen LogP contribution in [0.2, 0.25) is 0 Å². The minimum Gasteiger partial charge on any atom is -0.332 e. The van der Waals surface area contributed by atoms with Gasteiger partial charge in [0.1, 0.15) is 0 Å². The molecule has 0 bridgehead atoms. The van der Waals surface area contributed by atoms with Crippen molar-refractivity contribution in [3.8, 4) is 0 Å². The smallest absolute Gasteiger partial charge is 0.275 e. The van der Waals surface area contributed by atoms with E-state index in [2.05, 4.69) is 24.3 Å². The lowest BCUT2D eigenvalue weighted by Gasteiger charge is -2.37. The van der Waals surface area contributed by atoms with E-state index in [9.17, 15) is 4.79 Å². The summed E-state index contributed by atoms with van der Waals surface area (Å²) >= 11 is 0. The Morgan fingerprint density at radius 3 is 2.90 bits per heavy atom. The Kier molecular flexibility index (Phi) is 3.22. The molecule has 0 aliphatic carbocycles. The fourth-order valence-electron chi connectivity index (χ4n) is 2.81. The van der Waals surface area contributed by atoms with E-state index < -0.39 is 0 Å². The number of para-hydroxylation sites is 1. The Morgan fingerprint density at radius 2 is 2.10 bits per heavy atom. The van der Waals surface area contributed by atoms with E-state index in [1.165, 1.54) is 0 Å². The lowest BCUT2D eigenvalue weighted by Crippen LogP contribution is -2.56. The highest BCUT2D eigenvalue weighted by atomic mass is 16.2. The molecule has 5 heteroatoms. The number of amides is 1. The highest BCUT2D eigenvalue weighted by molar-refractivity contribution is 6.05. The molecule has 3 rings (SSSR count). The summed E-state index contributed by atoms with van der Waals surface area (Å²) in [6.07, 6.45) is 0. The van der Waals surface area contributed by atoms with Crippen molar-refractivity contribution in [3.63, 3.8) is 0 Å². The predicted octanol–water partition coefficient (Wildman–Crippen LogP) is 1.40. The lowest BCUT2D eigenvalue weighted by molar-refractivity contribution is 0.0611. The third-order valence-electron chi connectivity index (χ3n) is 3.99. The maximum atomic E-state index is 12.8. The summed E-state index contributed by atoms with van der Waals surface area (Å²) in [6.45, 7) is 5.73. The van der Waals surface area contributed by atoms with Gasteiger partial charge in [-0.3, -0.25) is 9.48 Å². The molecule has 1 aromatic heterocycles. The van der Waals surface area contributed by atoms with Crippen LogP contribution in [0.3, 0.4) is 0 Å². The molecule has 5 nitrogen and oxygen atoms in total. The van der Waals surface area contributed by atoms with Crippen molar-refractivity contribution in [2.45, 2.75) is 25.9 Å². The first-order valence-electron chi connectivity index (χ1n) is 7.04. The summed E-state index contributed by atoms with van der Waals surface area (Å²) in [5, 5.41) is 8.75. The Hall–Kier alpha value is -1.88. The molecule has 2 unspecified atom stereocenters. The fourth-order valence-corrected chi connectivity index (χ4v) is 2.81. The Balaban J connectivity index is 2.00. The van der Waals surface area contributed by atoms with Gasteiger partial charge in [-0.25, -0.2) is 0 Å². The molecule has 1 N–H and O–H groups in total. The van der Waals surface area contributed by atoms with Crippen LogP contribution >= 0.6 is 0 Å². The van der Waals surface area contributed by atoms with E-state index in [1.807, 2.05) is 36.2 Å². The summed E-state index contributed by atoms with van der Waals surface area (Å²) in [5.74, 6) is 0.0302. The molecule has 1 aromatic carbocycles. The molecule has 2 atom stereocenters. The molecule has 0 saturated carbocycles. The molecule has 1 aliphatic heterocycles. The molecular formula is C15H20N4O. The molecule has 1 fully saturated rings. The molecule has 0 spiro atoms. The number of piperazine rings is 1. The highest BCUT2D eigenvalue weighted by Gasteiger charge is 2.29. The molecule has 106 valence electrons. The van der Waals surface area contributed by atoms with Gasteiger partial charge in [0, 0.05) is 37.6 Å². The maximum Gasteiger partial charge on any atom is 0.275 e. The average Bonchev–Trinajstić information content (AvgIpc) is 2.79. The van der Waals surface area contributed by atoms with Crippen LogP contribution in [-0.2, 0) is 7.05 Å². The maximum absolute atomic E-state index is 12.8. The average molecular weight is 272 g/mol. The van der Waals surface area contributed by atoms with Gasteiger partial charge in [-0.2, -0.15) is 5.10 Å². The second-order valence-electron chi connectivity index (χ2n) is 5.61. The van der Waals surface area contributed by atoms with Crippen molar-refractivity contribution in [2.75, 3.05) is 13.1 Å². The van der Waals surface area contributed by atoms with E-state index >= 15 is 0 Å². The summed E-state index contributed by atoms with van der Waals surface area (Å²) in [7, 11) is 1.88. The first-order valence-corrected chi connectivity index (χ1v) is 7.04. The molecule has 2 aromatic rings. The number of hydrogen-bond acceptors (Lipinski definition) is 3. The monoisotopic (exact) mass is 272 g/mol. The van der Waals surface area contributed by atoms with E-state index in [0.29, 0.717) is 11.7 Å². The van der Waals surface area contributed by atoms with Crippen molar-refractivity contribution in [1.82, 2.24) is 20.0 Å². The second kappa shape index (κ2) is 4.90. The summed E-state index contributed by atoms with van der Waals surface area (Å²) in [4.78, 5) is 14.7. The number of nitrogens with one attached hydrogen (secondary N) is 1. The van der Waals surface area contributed by atoms with Gasteiger partial charge in [-0.1, -0.05) is 18.2 Å². The van der Waals surface area contributed by atoms with E-state index in [4.69, 9.17) is 0 Å². The van der Waals surface area contributed by atoms with E-state index in [0.717, 1.165) is 24.0 Å². The molecule has 20 heavy (non-hydrogen) atoms. The van der Waals surface area contributed by atoms with Crippen LogP contribution in [0.15, 0.2) is 24.3 Å². The fraction of sp³-hybridized carbons (Fsp3) is 0.467. The standard InChI is InChI=1S/C15H20N4O/c1-10-9-19(11(2)8-16-10)15(20)14-12-6-4-5-7-13(12)18(3)17-14/h4-7,10-11,16H,8-9H2,1-3H3. The van der Waals surface area contributed by atoms with Gasteiger partial charge >= 0.3 is 0 Å². The quantitative estimate of drug-likeness (QED) is 0.853. The zero-order chi connectivity index (χ0) is 14.3. The van der Waals surface area contributed by atoms with Crippen molar-refractivity contribution >= 4 is 16.8 Å². The number of carbonyl (C=O) groups excluding carboxylic acids is 1. The van der Waals surface area contributed by atoms with Gasteiger partial charge in [0.2, 0.25) is 0 Å². The second-order valence-corrected chi connectivity index (χ2v) is 5.61. The topological polar surface area (TPSA) is 50.2 Å². The van der Waals surface area contributed by atoms with Gasteiger partial charge in [-0.05, 0) is 19.9 Å². The number of benzene rings is 1. The molecular weight excluding hydrogens is 252 g/mol. The number of aromatic nitrogens is 2. The number of nitrogens with zero attached hydrogens (tertiary/aromatic N) is 3. The van der Waals surface area contributed by atoms with Crippen LogP contribution in [0.5, 0.6) is 0 Å². The summed E-state index contributed by atoms with van der Waals surface area (Å²) in [5.41, 5.74) is 1.55. The van der Waals surface area contributed by atoms with Crippen LogP contribution in [0, 0.1) is 0 Å². The number of aryl methyl sites for hydroxylation is 1. The van der Waals surface area contributed by atoms with E-state index in [-0.39, 0.29) is 11.9 Å². The lowest BCUT2D eigenvalue weighted by atomic mass is 10.1. The number of hydrogen-bond donors (Lipinski definition) is 1. The number of rotatable bonds is 1. The molecule has 0 radical (unpaired) electrons. The van der Waals surface area contributed by atoms with Crippen molar-refractivity contribution in [2.24, 2.45) is 7.05 Å². The first-order chi connectivity index (χ1) is 9.58. The van der Waals surface area contributed by atoms with Crippen LogP contribution in [0.4, 0.5) is 0 Å². The molecule has 1 amide bonds. The largest absolute Gasteiger partial charge is 0.332 e. The molecule has 2 heterocycles. The van der Waals surface area contributed by atoms with Crippen LogP contribution in [0.25, 0.3) is 10.9 Å². The van der Waals surface area contributed by atoms with Gasteiger partial charge in [-0.15, -0.1) is 0 Å². The van der Waals surface area contributed by atoms with E-state index in [1.54, 1.807) is 4.68 Å². The van der Waals surface area contributed by atoms with Crippen molar-refractivity contribution in [3.05, 3.63) is 30.0 Å². The highest BCUT2D eigenvalue weighted by Crippen LogP contribution is 2.20. The van der Waals surface area contributed by atoms with Gasteiger partial charge in [0.25, 0.3) is 5.91 Å². The first kappa shape index (κ1) is 13.1. The van der Waals surface area contributed by atoms with Crippen LogP contribution in [-0.4, -0.2) is 45.8 Å². The minimum atomic E-state index is 0.0302. The van der Waals surface area contributed by atoms with Crippen molar-refractivity contribution < 1.29 is 4.79 Å². The third kappa shape index (κ3) is 2.08. The third-order valence-corrected chi connectivity index (χ3v) is 3.99. The molecule has 1 saturated heterocycles. The van der Waals surface area contributed by atoms with Crippen molar-refractivity contribution in [1.29, 1.82) is 0 Å². The normalized spacial score (nSPS) is 23.2. The Morgan fingerprint density at radius 1 is 1.35 bits per heavy atom. The van der Waals surface area contributed by atoms with Gasteiger partial charge < -0.3 is 10.2 Å². The van der Waals surface area contributed by atoms with Gasteiger partial charge in [0.05, 0.1) is 5.52 Å². The summed E-state index contributed by atoms with van der Waals surface area (Å²) in [6, 6.07) is 8.39. The summed E-state index contributed by atoms with van der Waals surface area (Å²) < 4.78 is 1.78. The van der Waals surface area contributed by atoms with Crippen LogP contribution in [0.1, 0.15) is 24.3 Å². The minimum absolute atomic E-state index is 0.0302. The Labute approximate surface area is 118 Å². The predicted molar refractivity (Wildman–Crippen MR) is 78.7 cm³/mol. The van der Waals surface area contributed by atoms with Gasteiger partial charge in [0.15, 0.2) is 5.69 Å². The zero-order valence-corrected chi connectivity index (χ0v) is 12.1. The SMILES string of the molecule is CC1CN(C(=O)c2nn(C)c3ccccc23)C(C)CN1. The van der Waals surface area contributed by atoms with Crippen LogP contribution < -0.4 is 5.32 Å². The Bertz CT molecular complexity index is 648. The number of fused-ring (bicyclic) bond motifs is 1. The number of carbonyl (C=O) groups is 1.